The number of nitrogens with zero attached hydrogens (tertiary/aromatic N) is 1. The number of aryl methyl sites for hydroxylation is 1. The van der Waals surface area contributed by atoms with Crippen LogP contribution in [0.25, 0.3) is 0 Å². The minimum absolute atomic E-state index is 0.0498. The molecule has 0 aliphatic heterocycles. The van der Waals surface area contributed by atoms with E-state index in [1.165, 1.54) is 6.26 Å². The first kappa shape index (κ1) is 23.6. The molecule has 0 saturated carbocycles. The Morgan fingerprint density at radius 2 is 1.78 bits per heavy atom. The molecule has 1 heterocycles. The van der Waals surface area contributed by atoms with E-state index < -0.39 is 0 Å². The zero-order chi connectivity index (χ0) is 23.1. The first-order valence-electron chi connectivity index (χ1n) is 10.7. The highest BCUT2D eigenvalue weighted by Crippen LogP contribution is 2.27. The van der Waals surface area contributed by atoms with Crippen LogP contribution >= 0.6 is 11.6 Å². The summed E-state index contributed by atoms with van der Waals surface area (Å²) in [7, 11) is 0. The van der Waals surface area contributed by atoms with Crippen LogP contribution in [0.3, 0.4) is 0 Å². The summed E-state index contributed by atoms with van der Waals surface area (Å²) in [6.45, 7) is 8.11. The number of nitrogens with one attached hydrogen (secondary N) is 2. The van der Waals surface area contributed by atoms with E-state index in [1.807, 2.05) is 37.3 Å². The zero-order valence-corrected chi connectivity index (χ0v) is 19.3. The lowest BCUT2D eigenvalue weighted by atomic mass is 10.0. The number of halogens is 1. The number of anilines is 1. The van der Waals surface area contributed by atoms with Gasteiger partial charge in [-0.3, -0.25) is 14.5 Å². The van der Waals surface area contributed by atoms with Crippen molar-refractivity contribution in [3.63, 3.8) is 0 Å². The summed E-state index contributed by atoms with van der Waals surface area (Å²) >= 11 is 6.45. The molecule has 6 nitrogen and oxygen atoms in total. The molecule has 0 aliphatic carbocycles. The Labute approximate surface area is 193 Å². The summed E-state index contributed by atoms with van der Waals surface area (Å²) in [5, 5.41) is 6.51. The van der Waals surface area contributed by atoms with E-state index in [9.17, 15) is 9.59 Å². The largest absolute Gasteiger partial charge is 0.459 e. The Kier molecular flexibility index (Phi) is 8.09. The average Bonchev–Trinajstić information content (AvgIpc) is 3.34. The molecule has 7 heteroatoms. The Hall–Kier alpha value is -3.09. The maximum Gasteiger partial charge on any atom is 0.291 e. The van der Waals surface area contributed by atoms with Gasteiger partial charge in [-0.1, -0.05) is 49.7 Å². The van der Waals surface area contributed by atoms with Gasteiger partial charge in [-0.2, -0.15) is 0 Å². The van der Waals surface area contributed by atoms with Gasteiger partial charge in [0.25, 0.3) is 11.8 Å². The van der Waals surface area contributed by atoms with E-state index in [2.05, 4.69) is 29.4 Å². The van der Waals surface area contributed by atoms with E-state index in [0.29, 0.717) is 22.8 Å². The van der Waals surface area contributed by atoms with Crippen LogP contribution < -0.4 is 10.6 Å². The Morgan fingerprint density at radius 1 is 1.03 bits per heavy atom. The van der Waals surface area contributed by atoms with Crippen LogP contribution in [-0.4, -0.2) is 36.3 Å². The molecule has 2 N–H and O–H groups in total. The van der Waals surface area contributed by atoms with Gasteiger partial charge in [0.1, 0.15) is 0 Å². The molecule has 1 unspecified atom stereocenters. The fourth-order valence-corrected chi connectivity index (χ4v) is 3.89. The lowest BCUT2D eigenvalue weighted by molar-refractivity contribution is 0.0933. The molecule has 0 fully saturated rings. The third-order valence-corrected chi connectivity index (χ3v) is 5.81. The highest BCUT2D eigenvalue weighted by molar-refractivity contribution is 6.31. The molecule has 2 amide bonds. The quantitative estimate of drug-likeness (QED) is 0.460. The number of rotatable bonds is 9. The molecule has 3 aromatic rings. The molecule has 0 aliphatic rings. The van der Waals surface area contributed by atoms with Crippen molar-refractivity contribution in [3.05, 3.63) is 88.3 Å². The van der Waals surface area contributed by atoms with Crippen molar-refractivity contribution in [2.24, 2.45) is 0 Å². The van der Waals surface area contributed by atoms with E-state index in [1.54, 1.807) is 24.3 Å². The summed E-state index contributed by atoms with van der Waals surface area (Å²) in [5.41, 5.74) is 2.85. The lowest BCUT2D eigenvalue weighted by Gasteiger charge is -2.31. The van der Waals surface area contributed by atoms with Gasteiger partial charge in [0, 0.05) is 22.8 Å². The number of carbonyl (C=O) groups is 2. The molecular formula is C25H28ClN3O3. The maximum atomic E-state index is 12.9. The second kappa shape index (κ2) is 11.0. The van der Waals surface area contributed by atoms with Crippen molar-refractivity contribution in [2.75, 3.05) is 25.0 Å². The SMILES string of the molecule is CCN(CC)C(CNC(=O)c1ccc(C)c(NC(=O)c2ccco2)c1)c1ccccc1Cl. The molecule has 32 heavy (non-hydrogen) atoms. The van der Waals surface area contributed by atoms with Crippen LogP contribution in [0.2, 0.25) is 5.02 Å². The highest BCUT2D eigenvalue weighted by Gasteiger charge is 2.21. The second-order valence-corrected chi connectivity index (χ2v) is 7.84. The van der Waals surface area contributed by atoms with Gasteiger partial charge < -0.3 is 15.1 Å². The van der Waals surface area contributed by atoms with Gasteiger partial charge in [0.15, 0.2) is 5.76 Å². The van der Waals surface area contributed by atoms with Crippen molar-refractivity contribution in [1.29, 1.82) is 0 Å². The van der Waals surface area contributed by atoms with E-state index in [-0.39, 0.29) is 23.6 Å². The number of hydrogen-bond donors (Lipinski definition) is 2. The van der Waals surface area contributed by atoms with Crippen LogP contribution in [0.15, 0.2) is 65.3 Å². The summed E-state index contributed by atoms with van der Waals surface area (Å²) in [5.74, 6) is -0.375. The van der Waals surface area contributed by atoms with Crippen molar-refractivity contribution in [3.8, 4) is 0 Å². The monoisotopic (exact) mass is 453 g/mol. The van der Waals surface area contributed by atoms with E-state index in [0.717, 1.165) is 24.2 Å². The van der Waals surface area contributed by atoms with Crippen molar-refractivity contribution >= 4 is 29.1 Å². The smallest absolute Gasteiger partial charge is 0.291 e. The van der Waals surface area contributed by atoms with Gasteiger partial charge in [-0.05, 0) is 61.5 Å². The third kappa shape index (κ3) is 5.58. The standard InChI is InChI=1S/C25H28ClN3O3/c1-4-29(5-2)22(19-9-6-7-10-20(19)26)16-27-24(30)18-13-12-17(3)21(15-18)28-25(31)23-11-8-14-32-23/h6-15,22H,4-5,16H2,1-3H3,(H,27,30)(H,28,31). The van der Waals surface area contributed by atoms with Gasteiger partial charge >= 0.3 is 0 Å². The van der Waals surface area contributed by atoms with Crippen LogP contribution in [-0.2, 0) is 0 Å². The Bertz CT molecular complexity index is 1060. The minimum atomic E-state index is -0.365. The van der Waals surface area contributed by atoms with Crippen molar-refractivity contribution < 1.29 is 14.0 Å². The Balaban J connectivity index is 1.75. The maximum absolute atomic E-state index is 12.9. The number of carbonyl (C=O) groups excluding carboxylic acids is 2. The molecule has 0 spiro atoms. The molecule has 1 atom stereocenters. The van der Waals surface area contributed by atoms with Crippen LogP contribution in [0.5, 0.6) is 0 Å². The van der Waals surface area contributed by atoms with Gasteiger partial charge in [-0.15, -0.1) is 0 Å². The van der Waals surface area contributed by atoms with E-state index in [4.69, 9.17) is 16.0 Å². The fraction of sp³-hybridized carbons (Fsp3) is 0.280. The zero-order valence-electron chi connectivity index (χ0n) is 18.5. The first-order valence-corrected chi connectivity index (χ1v) is 11.0. The van der Waals surface area contributed by atoms with Crippen molar-refractivity contribution in [1.82, 2.24) is 10.2 Å². The topological polar surface area (TPSA) is 74.6 Å². The van der Waals surface area contributed by atoms with Crippen LogP contribution in [0.4, 0.5) is 5.69 Å². The molecule has 0 bridgehead atoms. The minimum Gasteiger partial charge on any atom is -0.459 e. The fourth-order valence-electron chi connectivity index (χ4n) is 3.63. The number of furan rings is 1. The number of likely N-dealkylation sites (N-methyl/N-ethyl adjacent to an activating group) is 1. The number of amides is 2. The van der Waals surface area contributed by atoms with Gasteiger partial charge in [0.2, 0.25) is 0 Å². The molecule has 0 saturated heterocycles. The predicted octanol–water partition coefficient (Wildman–Crippen LogP) is 5.31. The normalized spacial score (nSPS) is 11.9. The van der Waals surface area contributed by atoms with Crippen LogP contribution in [0, 0.1) is 6.92 Å². The molecule has 0 radical (unpaired) electrons. The average molecular weight is 454 g/mol. The highest BCUT2D eigenvalue weighted by atomic mass is 35.5. The lowest BCUT2D eigenvalue weighted by Crippen LogP contribution is -2.38. The van der Waals surface area contributed by atoms with Gasteiger partial charge in [0.05, 0.1) is 12.3 Å². The van der Waals surface area contributed by atoms with Crippen molar-refractivity contribution in [2.45, 2.75) is 26.8 Å². The summed E-state index contributed by atoms with van der Waals surface area (Å²) in [6.07, 6.45) is 1.44. The Morgan fingerprint density at radius 3 is 2.44 bits per heavy atom. The number of benzene rings is 2. The molecular weight excluding hydrogens is 426 g/mol. The predicted molar refractivity (Wildman–Crippen MR) is 127 cm³/mol. The molecule has 3 rings (SSSR count). The van der Waals surface area contributed by atoms with Crippen LogP contribution in [0.1, 0.15) is 51.9 Å². The summed E-state index contributed by atoms with van der Waals surface area (Å²) in [4.78, 5) is 27.5. The molecule has 2 aromatic carbocycles. The third-order valence-electron chi connectivity index (χ3n) is 5.47. The first-order chi connectivity index (χ1) is 15.4. The summed E-state index contributed by atoms with van der Waals surface area (Å²) < 4.78 is 5.14. The molecule has 168 valence electrons. The summed E-state index contributed by atoms with van der Waals surface area (Å²) in [6, 6.07) is 16.1. The molecule has 1 aromatic heterocycles. The van der Waals surface area contributed by atoms with Gasteiger partial charge in [-0.25, -0.2) is 0 Å². The second-order valence-electron chi connectivity index (χ2n) is 7.43. The number of hydrogen-bond acceptors (Lipinski definition) is 4. The van der Waals surface area contributed by atoms with E-state index >= 15 is 0 Å².